The lowest BCUT2D eigenvalue weighted by molar-refractivity contribution is -0.118. The summed E-state index contributed by atoms with van der Waals surface area (Å²) >= 11 is 1.22. The number of carbonyl (C=O) groups excluding carboxylic acids is 2. The SMILES string of the molecule is CCCCCN(C(=O)CCCc1nc(C(C)C)no1)c1nc(C)c(C(=O)OCC)s1. The number of aromatic nitrogens is 3. The number of rotatable bonds is 12. The Morgan fingerprint density at radius 2 is 1.93 bits per heavy atom. The minimum Gasteiger partial charge on any atom is -0.462 e. The number of amides is 1. The lowest BCUT2D eigenvalue weighted by Crippen LogP contribution is -2.31. The van der Waals surface area contributed by atoms with E-state index >= 15 is 0 Å². The normalized spacial score (nSPS) is 11.1. The predicted octanol–water partition coefficient (Wildman–Crippen LogP) is 4.68. The molecule has 0 N–H and O–H groups in total. The molecular weight excluding hydrogens is 404 g/mol. The van der Waals surface area contributed by atoms with Crippen molar-refractivity contribution in [1.29, 1.82) is 0 Å². The first-order valence-corrected chi connectivity index (χ1v) is 11.5. The number of unbranched alkanes of at least 4 members (excludes halogenated alkanes) is 2. The molecule has 0 unspecified atom stereocenters. The summed E-state index contributed by atoms with van der Waals surface area (Å²) in [5.74, 6) is 1.04. The van der Waals surface area contributed by atoms with Crippen molar-refractivity contribution in [2.24, 2.45) is 0 Å². The van der Waals surface area contributed by atoms with E-state index in [4.69, 9.17) is 9.26 Å². The van der Waals surface area contributed by atoms with Crippen LogP contribution in [-0.4, -0.2) is 40.2 Å². The summed E-state index contributed by atoms with van der Waals surface area (Å²) < 4.78 is 10.4. The largest absolute Gasteiger partial charge is 0.462 e. The molecule has 0 saturated heterocycles. The molecule has 0 aliphatic carbocycles. The predicted molar refractivity (Wildman–Crippen MR) is 116 cm³/mol. The molecule has 0 fully saturated rings. The van der Waals surface area contributed by atoms with Gasteiger partial charge in [-0.05, 0) is 26.7 Å². The van der Waals surface area contributed by atoms with Gasteiger partial charge in [-0.25, -0.2) is 9.78 Å². The Labute approximate surface area is 182 Å². The number of esters is 1. The van der Waals surface area contributed by atoms with Crippen LogP contribution in [-0.2, 0) is 16.0 Å². The highest BCUT2D eigenvalue weighted by Crippen LogP contribution is 2.28. The second kappa shape index (κ2) is 11.8. The van der Waals surface area contributed by atoms with Gasteiger partial charge in [-0.2, -0.15) is 4.98 Å². The van der Waals surface area contributed by atoms with E-state index in [1.165, 1.54) is 11.3 Å². The lowest BCUT2D eigenvalue weighted by Gasteiger charge is -2.19. The molecule has 0 bridgehead atoms. The number of hydrogen-bond acceptors (Lipinski definition) is 8. The van der Waals surface area contributed by atoms with Crippen LogP contribution >= 0.6 is 11.3 Å². The smallest absolute Gasteiger partial charge is 0.350 e. The van der Waals surface area contributed by atoms with E-state index in [-0.39, 0.29) is 11.8 Å². The van der Waals surface area contributed by atoms with Crippen LogP contribution in [0.4, 0.5) is 5.13 Å². The Balaban J connectivity index is 2.04. The minimum atomic E-state index is -0.392. The first-order chi connectivity index (χ1) is 14.4. The summed E-state index contributed by atoms with van der Waals surface area (Å²) in [4.78, 5) is 36.1. The molecule has 0 radical (unpaired) electrons. The van der Waals surface area contributed by atoms with Gasteiger partial charge in [0.25, 0.3) is 0 Å². The van der Waals surface area contributed by atoms with E-state index in [0.29, 0.717) is 59.8 Å². The zero-order valence-corrected chi connectivity index (χ0v) is 19.4. The van der Waals surface area contributed by atoms with Crippen molar-refractivity contribution in [1.82, 2.24) is 15.1 Å². The fraction of sp³-hybridized carbons (Fsp3) is 0.667. The van der Waals surface area contributed by atoms with Crippen molar-refractivity contribution in [3.05, 3.63) is 22.3 Å². The van der Waals surface area contributed by atoms with Crippen molar-refractivity contribution in [3.63, 3.8) is 0 Å². The Bertz CT molecular complexity index is 831. The van der Waals surface area contributed by atoms with Gasteiger partial charge in [0, 0.05) is 25.3 Å². The number of aryl methyl sites for hydroxylation is 2. The number of nitrogens with zero attached hydrogens (tertiary/aromatic N) is 4. The molecule has 0 aromatic carbocycles. The molecule has 30 heavy (non-hydrogen) atoms. The van der Waals surface area contributed by atoms with E-state index < -0.39 is 5.97 Å². The van der Waals surface area contributed by atoms with Crippen molar-refractivity contribution >= 4 is 28.3 Å². The van der Waals surface area contributed by atoms with Crippen LogP contribution in [0.5, 0.6) is 0 Å². The van der Waals surface area contributed by atoms with Crippen LogP contribution in [0, 0.1) is 6.92 Å². The minimum absolute atomic E-state index is 0.0149. The maximum Gasteiger partial charge on any atom is 0.350 e. The fourth-order valence-corrected chi connectivity index (χ4v) is 3.86. The second-order valence-electron chi connectivity index (χ2n) is 7.44. The van der Waals surface area contributed by atoms with Gasteiger partial charge in [-0.1, -0.05) is 50.1 Å². The average molecular weight is 437 g/mol. The Morgan fingerprint density at radius 3 is 2.57 bits per heavy atom. The lowest BCUT2D eigenvalue weighted by atomic mass is 10.2. The van der Waals surface area contributed by atoms with Gasteiger partial charge in [0.15, 0.2) is 11.0 Å². The van der Waals surface area contributed by atoms with Crippen LogP contribution in [0.3, 0.4) is 0 Å². The quantitative estimate of drug-likeness (QED) is 0.352. The molecule has 0 atom stereocenters. The number of anilines is 1. The Hall–Kier alpha value is -2.29. The van der Waals surface area contributed by atoms with Gasteiger partial charge < -0.3 is 9.26 Å². The summed E-state index contributed by atoms with van der Waals surface area (Å²) in [5.41, 5.74) is 0.591. The Kier molecular flexibility index (Phi) is 9.42. The highest BCUT2D eigenvalue weighted by Gasteiger charge is 2.23. The molecule has 0 aliphatic heterocycles. The third-order valence-corrected chi connectivity index (χ3v) is 5.71. The zero-order valence-electron chi connectivity index (χ0n) is 18.6. The van der Waals surface area contributed by atoms with Crippen molar-refractivity contribution in [2.45, 2.75) is 79.1 Å². The number of thiazole rings is 1. The first kappa shape index (κ1) is 24.0. The average Bonchev–Trinajstić information content (AvgIpc) is 3.32. The molecule has 8 nitrogen and oxygen atoms in total. The van der Waals surface area contributed by atoms with Crippen LogP contribution in [0.2, 0.25) is 0 Å². The number of carbonyl (C=O) groups is 2. The van der Waals surface area contributed by atoms with Crippen LogP contribution in [0.1, 0.15) is 92.8 Å². The maximum absolute atomic E-state index is 13.0. The molecule has 2 rings (SSSR count). The van der Waals surface area contributed by atoms with Crippen LogP contribution in [0.25, 0.3) is 0 Å². The summed E-state index contributed by atoms with van der Waals surface area (Å²) in [6.45, 7) is 10.6. The maximum atomic E-state index is 13.0. The van der Waals surface area contributed by atoms with Gasteiger partial charge >= 0.3 is 5.97 Å². The van der Waals surface area contributed by atoms with E-state index in [2.05, 4.69) is 22.0 Å². The van der Waals surface area contributed by atoms with E-state index in [0.717, 1.165) is 19.3 Å². The highest BCUT2D eigenvalue weighted by atomic mass is 32.1. The van der Waals surface area contributed by atoms with Crippen molar-refractivity contribution in [2.75, 3.05) is 18.1 Å². The second-order valence-corrected chi connectivity index (χ2v) is 8.42. The standard InChI is InChI=1S/C21H32N4O4S/c1-6-8-9-13-25(21-22-15(5)18(30-21)20(27)28-7-2)17(26)12-10-11-16-23-19(14(3)4)24-29-16/h14H,6-13H2,1-5H3. The topological polar surface area (TPSA) is 98.4 Å². The van der Waals surface area contributed by atoms with Gasteiger partial charge in [-0.3, -0.25) is 9.69 Å². The molecule has 9 heteroatoms. The fourth-order valence-electron chi connectivity index (χ4n) is 2.86. The zero-order chi connectivity index (χ0) is 22.1. The molecule has 0 aliphatic rings. The monoisotopic (exact) mass is 436 g/mol. The van der Waals surface area contributed by atoms with E-state index in [1.54, 1.807) is 18.7 Å². The molecule has 0 spiro atoms. The molecule has 2 aromatic heterocycles. The number of hydrogen-bond donors (Lipinski definition) is 0. The first-order valence-electron chi connectivity index (χ1n) is 10.6. The third kappa shape index (κ3) is 6.62. The number of ether oxygens (including phenoxy) is 1. The van der Waals surface area contributed by atoms with Crippen LogP contribution in [0.15, 0.2) is 4.52 Å². The van der Waals surface area contributed by atoms with E-state index in [1.807, 2.05) is 13.8 Å². The highest BCUT2D eigenvalue weighted by molar-refractivity contribution is 7.17. The van der Waals surface area contributed by atoms with Crippen LogP contribution < -0.4 is 4.90 Å². The van der Waals surface area contributed by atoms with Gasteiger partial charge in [0.2, 0.25) is 11.8 Å². The summed E-state index contributed by atoms with van der Waals surface area (Å²) in [6, 6.07) is 0. The van der Waals surface area contributed by atoms with Gasteiger partial charge in [-0.15, -0.1) is 0 Å². The molecule has 1 amide bonds. The molecule has 166 valence electrons. The van der Waals surface area contributed by atoms with Gasteiger partial charge in [0.1, 0.15) is 4.88 Å². The Morgan fingerprint density at radius 1 is 1.17 bits per heavy atom. The molecular formula is C21H32N4O4S. The van der Waals surface area contributed by atoms with Crippen molar-refractivity contribution in [3.8, 4) is 0 Å². The van der Waals surface area contributed by atoms with E-state index in [9.17, 15) is 9.59 Å². The summed E-state index contributed by atoms with van der Waals surface area (Å²) in [5, 5.41) is 4.51. The van der Waals surface area contributed by atoms with Crippen molar-refractivity contribution < 1.29 is 18.8 Å². The molecule has 0 saturated carbocycles. The summed E-state index contributed by atoms with van der Waals surface area (Å²) in [6.07, 6.45) is 4.48. The van der Waals surface area contributed by atoms with Gasteiger partial charge in [0.05, 0.1) is 12.3 Å². The molecule has 2 heterocycles. The third-order valence-electron chi connectivity index (χ3n) is 4.54. The summed E-state index contributed by atoms with van der Waals surface area (Å²) in [7, 11) is 0. The molecule has 2 aromatic rings.